The highest BCUT2D eigenvalue weighted by atomic mass is 15.1. The zero-order chi connectivity index (χ0) is 7.98. The summed E-state index contributed by atoms with van der Waals surface area (Å²) >= 11 is 0. The van der Waals surface area contributed by atoms with Gasteiger partial charge in [0.15, 0.2) is 0 Å². The second kappa shape index (κ2) is 5.69. The number of hydrogen-bond donors (Lipinski definition) is 2. The Balaban J connectivity index is 3.26. The molecule has 0 radical (unpaired) electrons. The predicted octanol–water partition coefficient (Wildman–Crippen LogP) is -1.07. The van der Waals surface area contributed by atoms with E-state index in [1.54, 1.807) is 4.90 Å². The van der Waals surface area contributed by atoms with Gasteiger partial charge in [-0.3, -0.25) is 0 Å². The lowest BCUT2D eigenvalue weighted by Crippen LogP contribution is -3.11. The van der Waals surface area contributed by atoms with Gasteiger partial charge in [-0.15, -0.1) is 0 Å². The van der Waals surface area contributed by atoms with E-state index in [9.17, 15) is 0 Å². The summed E-state index contributed by atoms with van der Waals surface area (Å²) in [6, 6.07) is 0.619. The molecular formula is C8H22N2+2. The van der Waals surface area contributed by atoms with Crippen LogP contribution in [-0.2, 0) is 0 Å². The largest absolute Gasteiger partial charge is 0.355 e. The molecule has 2 heteroatoms. The Morgan fingerprint density at radius 3 is 2.10 bits per heavy atom. The van der Waals surface area contributed by atoms with Crippen molar-refractivity contribution in [3.63, 3.8) is 0 Å². The van der Waals surface area contributed by atoms with Crippen LogP contribution in [0.15, 0.2) is 0 Å². The van der Waals surface area contributed by atoms with Crippen LogP contribution in [0.2, 0.25) is 0 Å². The Kier molecular flexibility index (Phi) is 5.64. The van der Waals surface area contributed by atoms with Crippen LogP contribution in [0.25, 0.3) is 0 Å². The first-order chi connectivity index (χ1) is 4.70. The van der Waals surface area contributed by atoms with Gasteiger partial charge in [0, 0.05) is 6.42 Å². The van der Waals surface area contributed by atoms with E-state index in [0.717, 1.165) is 0 Å². The van der Waals surface area contributed by atoms with E-state index in [1.165, 1.54) is 26.1 Å². The lowest BCUT2D eigenvalue weighted by molar-refractivity contribution is -0.897. The Labute approximate surface area is 64.4 Å². The van der Waals surface area contributed by atoms with Crippen LogP contribution in [0.1, 0.15) is 27.2 Å². The van der Waals surface area contributed by atoms with Crippen LogP contribution in [0, 0.1) is 0 Å². The predicted molar refractivity (Wildman–Crippen MR) is 43.9 cm³/mol. The molecule has 0 rings (SSSR count). The van der Waals surface area contributed by atoms with Crippen LogP contribution < -0.4 is 10.6 Å². The molecule has 2 nitrogen and oxygen atoms in total. The van der Waals surface area contributed by atoms with E-state index in [4.69, 9.17) is 0 Å². The van der Waals surface area contributed by atoms with E-state index in [0.29, 0.717) is 6.04 Å². The zero-order valence-electron chi connectivity index (χ0n) is 7.61. The second-order valence-corrected chi connectivity index (χ2v) is 3.10. The molecule has 0 heterocycles. The molecule has 0 aliphatic heterocycles. The Morgan fingerprint density at radius 2 is 1.80 bits per heavy atom. The molecule has 4 N–H and O–H groups in total. The van der Waals surface area contributed by atoms with Gasteiger partial charge in [0.1, 0.15) is 0 Å². The van der Waals surface area contributed by atoms with E-state index in [1.807, 2.05) is 0 Å². The number of hydrogen-bond acceptors (Lipinski definition) is 0. The van der Waals surface area contributed by atoms with Gasteiger partial charge in [-0.05, 0) is 20.8 Å². The average Bonchev–Trinajstić information content (AvgIpc) is 1.90. The van der Waals surface area contributed by atoms with E-state index in [2.05, 4.69) is 26.5 Å². The summed E-state index contributed by atoms with van der Waals surface area (Å²) in [4.78, 5) is 1.69. The lowest BCUT2D eigenvalue weighted by atomic mass is 10.2. The van der Waals surface area contributed by atoms with E-state index < -0.39 is 0 Å². The standard InChI is InChI=1S/C8H20N2/c1-4-10(5-2)7-6-8(3)9/h8H,4-7,9H2,1-3H3/p+2/t8-/m0/s1. The highest BCUT2D eigenvalue weighted by Crippen LogP contribution is 1.75. The van der Waals surface area contributed by atoms with Crippen molar-refractivity contribution in [3.05, 3.63) is 0 Å². The Morgan fingerprint density at radius 1 is 1.30 bits per heavy atom. The van der Waals surface area contributed by atoms with Gasteiger partial charge in [0.25, 0.3) is 0 Å². The fourth-order valence-electron chi connectivity index (χ4n) is 1.05. The minimum absolute atomic E-state index is 0.619. The average molecular weight is 146 g/mol. The molecule has 0 fully saturated rings. The maximum atomic E-state index is 3.97. The smallest absolute Gasteiger partial charge is 0.0869 e. The zero-order valence-corrected chi connectivity index (χ0v) is 7.61. The number of nitrogens with one attached hydrogen (secondary N) is 1. The number of quaternary nitrogens is 2. The molecule has 0 amide bonds. The van der Waals surface area contributed by atoms with E-state index >= 15 is 0 Å². The van der Waals surface area contributed by atoms with Gasteiger partial charge in [-0.1, -0.05) is 0 Å². The fourth-order valence-corrected chi connectivity index (χ4v) is 1.05. The summed E-state index contributed by atoms with van der Waals surface area (Å²) in [5, 5.41) is 0. The fraction of sp³-hybridized carbons (Fsp3) is 1.00. The monoisotopic (exact) mass is 146 g/mol. The number of rotatable bonds is 5. The first-order valence-electron chi connectivity index (χ1n) is 4.37. The quantitative estimate of drug-likeness (QED) is 0.495. The third-order valence-corrected chi connectivity index (χ3v) is 1.99. The Hall–Kier alpha value is -0.0800. The summed E-state index contributed by atoms with van der Waals surface area (Å²) in [6.45, 7) is 10.5. The van der Waals surface area contributed by atoms with E-state index in [-0.39, 0.29) is 0 Å². The molecular weight excluding hydrogens is 124 g/mol. The summed E-state index contributed by atoms with van der Waals surface area (Å²) in [7, 11) is 0. The maximum Gasteiger partial charge on any atom is 0.0869 e. The van der Waals surface area contributed by atoms with Gasteiger partial charge in [0.2, 0.25) is 0 Å². The topological polar surface area (TPSA) is 32.1 Å². The molecule has 0 spiro atoms. The highest BCUT2D eigenvalue weighted by Gasteiger charge is 2.04. The van der Waals surface area contributed by atoms with Crippen LogP contribution in [0.3, 0.4) is 0 Å². The third kappa shape index (κ3) is 4.77. The molecule has 0 aliphatic rings. The minimum Gasteiger partial charge on any atom is -0.355 e. The molecule has 0 aromatic rings. The summed E-state index contributed by atoms with van der Waals surface area (Å²) in [5.74, 6) is 0. The van der Waals surface area contributed by atoms with Crippen molar-refractivity contribution in [2.45, 2.75) is 33.2 Å². The molecule has 0 aliphatic carbocycles. The Bertz CT molecular complexity index is 67.7. The molecule has 1 atom stereocenters. The van der Waals surface area contributed by atoms with Gasteiger partial charge in [-0.25, -0.2) is 0 Å². The normalized spacial score (nSPS) is 14.1. The van der Waals surface area contributed by atoms with Gasteiger partial charge in [-0.2, -0.15) is 0 Å². The van der Waals surface area contributed by atoms with Crippen LogP contribution in [0.4, 0.5) is 0 Å². The molecule has 0 unspecified atom stereocenters. The first kappa shape index (κ1) is 9.92. The molecule has 0 aromatic heterocycles. The molecule has 0 saturated heterocycles. The molecule has 0 saturated carbocycles. The van der Waals surface area contributed by atoms with Crippen molar-refractivity contribution >= 4 is 0 Å². The molecule has 0 aromatic carbocycles. The lowest BCUT2D eigenvalue weighted by Gasteiger charge is -2.14. The highest BCUT2D eigenvalue weighted by molar-refractivity contribution is 4.40. The van der Waals surface area contributed by atoms with Gasteiger partial charge < -0.3 is 10.6 Å². The molecule has 62 valence electrons. The molecule has 10 heavy (non-hydrogen) atoms. The van der Waals surface area contributed by atoms with Gasteiger partial charge >= 0.3 is 0 Å². The first-order valence-corrected chi connectivity index (χ1v) is 4.37. The van der Waals surface area contributed by atoms with Crippen LogP contribution in [-0.4, -0.2) is 25.7 Å². The molecule has 0 bridgehead atoms. The van der Waals surface area contributed by atoms with Crippen molar-refractivity contribution in [1.82, 2.24) is 0 Å². The SMILES string of the molecule is CC[NH+](CC)CC[C@H](C)[NH3+]. The van der Waals surface area contributed by atoms with Crippen molar-refractivity contribution in [3.8, 4) is 0 Å². The minimum atomic E-state index is 0.619. The van der Waals surface area contributed by atoms with Crippen LogP contribution >= 0.6 is 0 Å². The van der Waals surface area contributed by atoms with Crippen molar-refractivity contribution in [1.29, 1.82) is 0 Å². The second-order valence-electron chi connectivity index (χ2n) is 3.10. The van der Waals surface area contributed by atoms with Crippen LogP contribution in [0.5, 0.6) is 0 Å². The summed E-state index contributed by atoms with van der Waals surface area (Å²) in [6.07, 6.45) is 1.26. The summed E-state index contributed by atoms with van der Waals surface area (Å²) < 4.78 is 0. The maximum absolute atomic E-state index is 3.97. The summed E-state index contributed by atoms with van der Waals surface area (Å²) in [5.41, 5.74) is 3.97. The third-order valence-electron chi connectivity index (χ3n) is 1.99. The van der Waals surface area contributed by atoms with Crippen molar-refractivity contribution in [2.75, 3.05) is 19.6 Å². The van der Waals surface area contributed by atoms with Crippen molar-refractivity contribution < 1.29 is 10.6 Å². The van der Waals surface area contributed by atoms with Crippen molar-refractivity contribution in [2.24, 2.45) is 0 Å². The van der Waals surface area contributed by atoms with Gasteiger partial charge in [0.05, 0.1) is 25.7 Å².